The largest absolute Gasteiger partial charge is 0.323 e. The molecule has 3 rings (SSSR count). The van der Waals surface area contributed by atoms with Gasteiger partial charge in [-0.1, -0.05) is 6.07 Å². The van der Waals surface area contributed by atoms with E-state index in [2.05, 4.69) is 15.0 Å². The summed E-state index contributed by atoms with van der Waals surface area (Å²) in [6.45, 7) is -0.327. The van der Waals surface area contributed by atoms with Gasteiger partial charge in [-0.2, -0.15) is 0 Å². The third-order valence-corrected chi connectivity index (χ3v) is 5.45. The summed E-state index contributed by atoms with van der Waals surface area (Å²) in [7, 11) is -3.92. The Kier molecular flexibility index (Phi) is 6.65. The molecule has 0 unspecified atom stereocenters. The molecule has 2 aromatic carbocycles. The van der Waals surface area contributed by atoms with Crippen molar-refractivity contribution in [3.63, 3.8) is 0 Å². The van der Waals surface area contributed by atoms with Crippen LogP contribution in [-0.2, 0) is 21.4 Å². The number of aromatic nitrogens is 1. The number of carbonyl (C=O) groups is 1. The first-order valence-electron chi connectivity index (χ1n) is 8.76. The fourth-order valence-corrected chi connectivity index (χ4v) is 3.48. The number of hydrogen-bond acceptors (Lipinski definition) is 4. The maximum atomic E-state index is 13.7. The van der Waals surface area contributed by atoms with E-state index in [1.807, 2.05) is 0 Å². The summed E-state index contributed by atoms with van der Waals surface area (Å²) in [5.74, 6) is -1.96. The third-order valence-electron chi connectivity index (χ3n) is 4.03. The summed E-state index contributed by atoms with van der Waals surface area (Å²) in [5.41, 5.74) is 1.23. The molecule has 0 bridgehead atoms. The molecule has 1 heterocycles. The predicted octanol–water partition coefficient (Wildman–Crippen LogP) is 3.49. The van der Waals surface area contributed by atoms with Gasteiger partial charge in [-0.3, -0.25) is 9.78 Å². The second-order valence-corrected chi connectivity index (χ2v) is 7.95. The topological polar surface area (TPSA) is 88.2 Å². The van der Waals surface area contributed by atoms with Crippen LogP contribution in [0.25, 0.3) is 6.08 Å². The van der Waals surface area contributed by atoms with Gasteiger partial charge < -0.3 is 5.32 Å². The Labute approximate surface area is 172 Å². The van der Waals surface area contributed by atoms with Crippen LogP contribution in [0.3, 0.4) is 0 Å². The number of benzene rings is 2. The molecule has 0 spiro atoms. The van der Waals surface area contributed by atoms with Crippen molar-refractivity contribution in [2.75, 3.05) is 5.32 Å². The Hall–Kier alpha value is -3.43. The molecule has 2 N–H and O–H groups in total. The Morgan fingerprint density at radius 3 is 2.37 bits per heavy atom. The number of hydrogen-bond donors (Lipinski definition) is 2. The molecule has 9 heteroatoms. The lowest BCUT2D eigenvalue weighted by molar-refractivity contribution is -0.111. The van der Waals surface area contributed by atoms with E-state index in [1.165, 1.54) is 36.4 Å². The average molecular weight is 429 g/mol. The molecule has 3 aromatic rings. The first kappa shape index (κ1) is 21.3. The van der Waals surface area contributed by atoms with Gasteiger partial charge in [0.1, 0.15) is 11.6 Å². The second-order valence-electron chi connectivity index (χ2n) is 6.19. The summed E-state index contributed by atoms with van der Waals surface area (Å²) in [6.07, 6.45) is 6.18. The Balaban J connectivity index is 1.61. The van der Waals surface area contributed by atoms with Gasteiger partial charge in [0.15, 0.2) is 0 Å². The van der Waals surface area contributed by atoms with Crippen LogP contribution in [0.15, 0.2) is 78.0 Å². The van der Waals surface area contributed by atoms with Crippen molar-refractivity contribution < 1.29 is 22.0 Å². The van der Waals surface area contributed by atoms with E-state index in [-0.39, 0.29) is 22.9 Å². The van der Waals surface area contributed by atoms with Crippen LogP contribution < -0.4 is 10.0 Å². The van der Waals surface area contributed by atoms with Gasteiger partial charge in [-0.05, 0) is 54.1 Å². The highest BCUT2D eigenvalue weighted by molar-refractivity contribution is 7.89. The molecule has 0 aliphatic heterocycles. The fourth-order valence-electron chi connectivity index (χ4n) is 2.47. The quantitative estimate of drug-likeness (QED) is 0.563. The number of anilines is 1. The summed E-state index contributed by atoms with van der Waals surface area (Å²) in [5, 5.41) is 2.62. The smallest absolute Gasteiger partial charge is 0.248 e. The lowest BCUT2D eigenvalue weighted by Crippen LogP contribution is -2.23. The molecule has 0 aliphatic carbocycles. The van der Waals surface area contributed by atoms with Gasteiger partial charge in [0, 0.05) is 42.3 Å². The molecule has 0 aliphatic rings. The normalized spacial score (nSPS) is 11.5. The van der Waals surface area contributed by atoms with Crippen molar-refractivity contribution in [2.45, 2.75) is 11.4 Å². The van der Waals surface area contributed by atoms with Crippen LogP contribution in [0.4, 0.5) is 14.5 Å². The van der Waals surface area contributed by atoms with Crippen molar-refractivity contribution in [3.8, 4) is 0 Å². The number of nitrogens with zero attached hydrogens (tertiary/aromatic N) is 1. The lowest BCUT2D eigenvalue weighted by atomic mass is 10.2. The zero-order valence-corrected chi connectivity index (χ0v) is 16.4. The monoisotopic (exact) mass is 429 g/mol. The first-order valence-corrected chi connectivity index (χ1v) is 10.2. The number of sulfonamides is 1. The van der Waals surface area contributed by atoms with Gasteiger partial charge in [0.25, 0.3) is 0 Å². The molecule has 0 atom stereocenters. The summed E-state index contributed by atoms with van der Waals surface area (Å²) in [6, 6.07) is 11.9. The van der Waals surface area contributed by atoms with Crippen LogP contribution in [0.2, 0.25) is 0 Å². The molecule has 0 saturated heterocycles. The summed E-state index contributed by atoms with van der Waals surface area (Å²) >= 11 is 0. The third kappa shape index (κ3) is 5.79. The van der Waals surface area contributed by atoms with Gasteiger partial charge in [0.2, 0.25) is 15.9 Å². The lowest BCUT2D eigenvalue weighted by Gasteiger charge is -2.09. The van der Waals surface area contributed by atoms with Crippen molar-refractivity contribution in [1.29, 1.82) is 0 Å². The summed E-state index contributed by atoms with van der Waals surface area (Å²) < 4.78 is 53.6. The van der Waals surface area contributed by atoms with E-state index in [9.17, 15) is 22.0 Å². The molecule has 154 valence electrons. The fraction of sp³-hybridized carbons (Fsp3) is 0.0476. The Morgan fingerprint density at radius 2 is 1.70 bits per heavy atom. The van der Waals surface area contributed by atoms with Crippen molar-refractivity contribution in [2.24, 2.45) is 0 Å². The van der Waals surface area contributed by atoms with E-state index in [0.29, 0.717) is 11.8 Å². The van der Waals surface area contributed by atoms with Crippen LogP contribution in [0.5, 0.6) is 0 Å². The van der Waals surface area contributed by atoms with Gasteiger partial charge >= 0.3 is 0 Å². The van der Waals surface area contributed by atoms with Crippen LogP contribution in [0, 0.1) is 11.6 Å². The highest BCUT2D eigenvalue weighted by Gasteiger charge is 2.15. The van der Waals surface area contributed by atoms with E-state index in [1.54, 1.807) is 30.6 Å². The molecule has 0 fully saturated rings. The molecular formula is C21H17F2N3O3S. The first-order chi connectivity index (χ1) is 14.3. The van der Waals surface area contributed by atoms with Crippen molar-refractivity contribution >= 4 is 27.7 Å². The minimum Gasteiger partial charge on any atom is -0.323 e. The molecular weight excluding hydrogens is 412 g/mol. The molecule has 6 nitrogen and oxygen atoms in total. The number of amides is 1. The number of nitrogens with one attached hydrogen (secondary N) is 2. The standard InChI is InChI=1S/C21H17F2N3O3S/c22-17-3-2-16(20(23)13-17)14-25-30(28,29)19-6-4-18(5-7-19)26-21(27)8-1-15-9-11-24-12-10-15/h1-13,25H,14H2,(H,26,27)/b8-1+. The van der Waals surface area contributed by atoms with Gasteiger partial charge in [0.05, 0.1) is 4.90 Å². The zero-order valence-electron chi connectivity index (χ0n) is 15.5. The summed E-state index contributed by atoms with van der Waals surface area (Å²) in [4.78, 5) is 15.8. The average Bonchev–Trinajstić information content (AvgIpc) is 2.73. The maximum Gasteiger partial charge on any atom is 0.248 e. The van der Waals surface area contributed by atoms with Crippen LogP contribution in [-0.4, -0.2) is 19.3 Å². The van der Waals surface area contributed by atoms with Crippen LogP contribution >= 0.6 is 0 Å². The van der Waals surface area contributed by atoms with Crippen molar-refractivity contribution in [1.82, 2.24) is 9.71 Å². The zero-order chi connectivity index (χ0) is 21.6. The molecule has 0 radical (unpaired) electrons. The van der Waals surface area contributed by atoms with Gasteiger partial charge in [-0.15, -0.1) is 0 Å². The molecule has 1 amide bonds. The SMILES string of the molecule is O=C(/C=C/c1ccncc1)Nc1ccc(S(=O)(=O)NCc2ccc(F)cc2F)cc1. The number of halogens is 2. The van der Waals surface area contributed by atoms with E-state index in [0.717, 1.165) is 11.6 Å². The van der Waals surface area contributed by atoms with Gasteiger partial charge in [-0.25, -0.2) is 21.9 Å². The number of pyridine rings is 1. The second kappa shape index (κ2) is 9.38. The minimum atomic E-state index is -3.92. The predicted molar refractivity (Wildman–Crippen MR) is 109 cm³/mol. The van der Waals surface area contributed by atoms with Crippen LogP contribution in [0.1, 0.15) is 11.1 Å². The molecule has 1 aromatic heterocycles. The Morgan fingerprint density at radius 1 is 1.00 bits per heavy atom. The number of rotatable bonds is 7. The van der Waals surface area contributed by atoms with E-state index in [4.69, 9.17) is 0 Å². The highest BCUT2D eigenvalue weighted by Crippen LogP contribution is 2.16. The number of carbonyl (C=O) groups excluding carboxylic acids is 1. The van der Waals surface area contributed by atoms with E-state index < -0.39 is 21.7 Å². The molecule has 0 saturated carbocycles. The highest BCUT2D eigenvalue weighted by atomic mass is 32.2. The Bertz CT molecular complexity index is 1170. The van der Waals surface area contributed by atoms with E-state index >= 15 is 0 Å². The molecule has 30 heavy (non-hydrogen) atoms. The minimum absolute atomic E-state index is 0.0184. The maximum absolute atomic E-state index is 13.7. The van der Waals surface area contributed by atoms with Crippen molar-refractivity contribution in [3.05, 3.63) is 95.8 Å².